The first-order valence-electron chi connectivity index (χ1n) is 5.24. The number of rotatable bonds is 4. The number of carbonyl (C=O) groups excluding carboxylic acids is 1. The molecule has 2 aromatic rings. The second kappa shape index (κ2) is 6.36. The number of nitrogens with zero attached hydrogens (tertiary/aromatic N) is 1. The van der Waals surface area contributed by atoms with Gasteiger partial charge >= 0.3 is 0 Å². The van der Waals surface area contributed by atoms with Gasteiger partial charge in [-0.1, -0.05) is 33.8 Å². The molecule has 0 saturated heterocycles. The second-order valence-corrected chi connectivity index (χ2v) is 6.60. The van der Waals surface area contributed by atoms with Gasteiger partial charge < -0.3 is 5.32 Å². The van der Waals surface area contributed by atoms with Crippen molar-refractivity contribution in [3.63, 3.8) is 0 Å². The number of anilines is 1. The largest absolute Gasteiger partial charge is 0.325 e. The quantitative estimate of drug-likeness (QED) is 0.855. The molecule has 1 amide bonds. The van der Waals surface area contributed by atoms with E-state index >= 15 is 0 Å². The van der Waals surface area contributed by atoms with Gasteiger partial charge in [0, 0.05) is 21.2 Å². The van der Waals surface area contributed by atoms with Crippen LogP contribution in [0.4, 0.5) is 5.69 Å². The van der Waals surface area contributed by atoms with E-state index in [4.69, 9.17) is 0 Å². The molecule has 0 atom stereocenters. The van der Waals surface area contributed by atoms with Crippen LogP contribution in [-0.4, -0.2) is 16.6 Å². The topological polar surface area (TPSA) is 42.0 Å². The Balaban J connectivity index is 1.85. The third kappa shape index (κ3) is 4.12. The van der Waals surface area contributed by atoms with Gasteiger partial charge in [-0.2, -0.15) is 0 Å². The van der Waals surface area contributed by atoms with Gasteiger partial charge in [-0.25, -0.2) is 4.98 Å². The van der Waals surface area contributed by atoms with Gasteiger partial charge in [0.05, 0.1) is 5.75 Å². The van der Waals surface area contributed by atoms with Gasteiger partial charge in [-0.05, 0) is 25.1 Å². The fourth-order valence-corrected chi connectivity index (χ4v) is 3.34. The zero-order chi connectivity index (χ0) is 13.0. The lowest BCUT2D eigenvalue weighted by atomic mass is 10.3. The predicted octanol–water partition coefficient (Wildman–Crippen LogP) is 3.94. The average molecular weight is 343 g/mol. The summed E-state index contributed by atoms with van der Waals surface area (Å²) in [4.78, 5) is 16.0. The van der Waals surface area contributed by atoms with E-state index in [9.17, 15) is 4.79 Å². The number of aromatic nitrogens is 1. The average Bonchev–Trinajstić information content (AvgIpc) is 2.73. The van der Waals surface area contributed by atoms with E-state index in [1.165, 1.54) is 11.8 Å². The van der Waals surface area contributed by atoms with E-state index in [1.54, 1.807) is 11.3 Å². The Hall–Kier alpha value is -0.850. The number of nitrogens with one attached hydrogen (secondary N) is 1. The molecule has 1 N–H and O–H groups in total. The van der Waals surface area contributed by atoms with Gasteiger partial charge in [0.25, 0.3) is 0 Å². The summed E-state index contributed by atoms with van der Waals surface area (Å²) in [7, 11) is 0. The standard InChI is InChI=1S/C12H11BrN2OS2/c1-8-6-17-12(14-8)18-7-11(16)15-10-4-2-3-9(13)5-10/h2-6H,7H2,1H3,(H,15,16). The maximum Gasteiger partial charge on any atom is 0.234 e. The fourth-order valence-electron chi connectivity index (χ4n) is 1.29. The SMILES string of the molecule is Cc1csc(SCC(=O)Nc2cccc(Br)c2)n1. The molecule has 0 radical (unpaired) electrons. The molecule has 1 aromatic carbocycles. The lowest BCUT2D eigenvalue weighted by Gasteiger charge is -2.04. The minimum atomic E-state index is -0.0223. The van der Waals surface area contributed by atoms with Gasteiger partial charge in [-0.15, -0.1) is 11.3 Å². The molecule has 0 bridgehead atoms. The highest BCUT2D eigenvalue weighted by atomic mass is 79.9. The highest BCUT2D eigenvalue weighted by molar-refractivity contribution is 9.10. The number of carbonyl (C=O) groups is 1. The Bertz CT molecular complexity index is 557. The summed E-state index contributed by atoms with van der Waals surface area (Å²) >= 11 is 6.39. The predicted molar refractivity (Wildman–Crippen MR) is 80.3 cm³/mol. The van der Waals surface area contributed by atoms with Crippen LogP contribution in [0.1, 0.15) is 5.69 Å². The molecule has 0 aliphatic heterocycles. The normalized spacial score (nSPS) is 10.3. The van der Waals surface area contributed by atoms with E-state index in [2.05, 4.69) is 26.2 Å². The second-order valence-electron chi connectivity index (χ2n) is 3.60. The molecule has 0 fully saturated rings. The van der Waals surface area contributed by atoms with Crippen molar-refractivity contribution in [1.82, 2.24) is 4.98 Å². The minimum Gasteiger partial charge on any atom is -0.325 e. The fraction of sp³-hybridized carbons (Fsp3) is 0.167. The Morgan fingerprint density at radius 3 is 3.06 bits per heavy atom. The van der Waals surface area contributed by atoms with E-state index in [0.29, 0.717) is 5.75 Å². The Morgan fingerprint density at radius 2 is 2.39 bits per heavy atom. The molecule has 1 aromatic heterocycles. The van der Waals surface area contributed by atoms with Crippen molar-refractivity contribution in [3.05, 3.63) is 39.8 Å². The van der Waals surface area contributed by atoms with E-state index < -0.39 is 0 Å². The number of amides is 1. The number of thioether (sulfide) groups is 1. The molecule has 18 heavy (non-hydrogen) atoms. The molecule has 3 nitrogen and oxygen atoms in total. The monoisotopic (exact) mass is 342 g/mol. The van der Waals surface area contributed by atoms with Crippen LogP contribution < -0.4 is 5.32 Å². The maximum absolute atomic E-state index is 11.7. The number of thiazole rings is 1. The van der Waals surface area contributed by atoms with E-state index in [0.717, 1.165) is 20.2 Å². The summed E-state index contributed by atoms with van der Waals surface area (Å²) in [5.74, 6) is 0.352. The van der Waals surface area contributed by atoms with Gasteiger partial charge in [0.2, 0.25) is 5.91 Å². The third-order valence-electron chi connectivity index (χ3n) is 2.03. The van der Waals surface area contributed by atoms with Crippen LogP contribution in [0.5, 0.6) is 0 Å². The molecule has 6 heteroatoms. The maximum atomic E-state index is 11.7. The van der Waals surface area contributed by atoms with Crippen LogP contribution in [0, 0.1) is 6.92 Å². The summed E-state index contributed by atoms with van der Waals surface area (Å²) in [6, 6.07) is 7.54. The molecule has 0 aliphatic carbocycles. The Morgan fingerprint density at radius 1 is 1.56 bits per heavy atom. The molecular formula is C12H11BrN2OS2. The third-order valence-corrected chi connectivity index (χ3v) is 4.67. The summed E-state index contributed by atoms with van der Waals surface area (Å²) in [6.07, 6.45) is 0. The summed E-state index contributed by atoms with van der Waals surface area (Å²) < 4.78 is 1.88. The van der Waals surface area contributed by atoms with Crippen molar-refractivity contribution < 1.29 is 4.79 Å². The molecule has 0 aliphatic rings. The smallest absolute Gasteiger partial charge is 0.234 e. The molecule has 2 rings (SSSR count). The lowest BCUT2D eigenvalue weighted by Crippen LogP contribution is -2.13. The Labute approximate surface area is 122 Å². The number of halogens is 1. The number of hydrogen-bond donors (Lipinski definition) is 1. The van der Waals surface area contributed by atoms with Gasteiger partial charge in [0.15, 0.2) is 4.34 Å². The molecular weight excluding hydrogens is 332 g/mol. The van der Waals surface area contributed by atoms with Gasteiger partial charge in [-0.3, -0.25) is 4.79 Å². The van der Waals surface area contributed by atoms with Crippen LogP contribution in [0.25, 0.3) is 0 Å². The van der Waals surface area contributed by atoms with E-state index in [-0.39, 0.29) is 5.91 Å². The number of benzene rings is 1. The van der Waals surface area contributed by atoms with Crippen molar-refractivity contribution in [2.45, 2.75) is 11.3 Å². The highest BCUT2D eigenvalue weighted by Crippen LogP contribution is 2.22. The minimum absolute atomic E-state index is 0.0223. The summed E-state index contributed by atoms with van der Waals surface area (Å²) in [5, 5.41) is 4.83. The molecule has 0 unspecified atom stereocenters. The molecule has 0 saturated carbocycles. The highest BCUT2D eigenvalue weighted by Gasteiger charge is 2.06. The van der Waals surface area contributed by atoms with E-state index in [1.807, 2.05) is 36.6 Å². The zero-order valence-corrected chi connectivity index (χ0v) is 12.9. The van der Waals surface area contributed by atoms with Crippen molar-refractivity contribution >= 4 is 50.6 Å². The molecule has 94 valence electrons. The first kappa shape index (κ1) is 13.6. The number of hydrogen-bond acceptors (Lipinski definition) is 4. The van der Waals surface area contributed by atoms with Crippen molar-refractivity contribution in [2.75, 3.05) is 11.1 Å². The van der Waals surface area contributed by atoms with Gasteiger partial charge in [0.1, 0.15) is 0 Å². The molecule has 1 heterocycles. The van der Waals surface area contributed by atoms with Crippen LogP contribution in [0.15, 0.2) is 38.5 Å². The van der Waals surface area contributed by atoms with Crippen molar-refractivity contribution in [1.29, 1.82) is 0 Å². The summed E-state index contributed by atoms with van der Waals surface area (Å²) in [5.41, 5.74) is 1.79. The van der Waals surface area contributed by atoms with Crippen LogP contribution >= 0.6 is 39.0 Å². The first-order chi connectivity index (χ1) is 8.63. The van der Waals surface area contributed by atoms with Crippen LogP contribution in [-0.2, 0) is 4.79 Å². The lowest BCUT2D eigenvalue weighted by molar-refractivity contribution is -0.113. The van der Waals surface area contributed by atoms with Crippen molar-refractivity contribution in [2.24, 2.45) is 0 Å². The van der Waals surface area contributed by atoms with Crippen molar-refractivity contribution in [3.8, 4) is 0 Å². The van der Waals surface area contributed by atoms with Crippen LogP contribution in [0.2, 0.25) is 0 Å². The number of aryl methyl sites for hydroxylation is 1. The Kier molecular flexibility index (Phi) is 4.79. The first-order valence-corrected chi connectivity index (χ1v) is 7.89. The van der Waals surface area contributed by atoms with Crippen LogP contribution in [0.3, 0.4) is 0 Å². The zero-order valence-electron chi connectivity index (χ0n) is 9.64. The summed E-state index contributed by atoms with van der Waals surface area (Å²) in [6.45, 7) is 1.95. The molecule has 0 spiro atoms.